The Kier molecular flexibility index (Phi) is 8.08. The standard InChI is InChI=1S/C3H9N.Ni/c1-4(2)3;/h1-3H3;. The molecule has 0 heterocycles. The van der Waals surface area contributed by atoms with Crippen LogP contribution in [0, 0.1) is 0 Å². The van der Waals surface area contributed by atoms with Gasteiger partial charge in [0.05, 0.1) is 0 Å². The Morgan fingerprint density at radius 1 is 1.00 bits per heavy atom. The van der Waals surface area contributed by atoms with E-state index in [0.29, 0.717) is 0 Å². The maximum Gasteiger partial charge on any atom is 0 e. The Balaban J connectivity index is 0. The van der Waals surface area contributed by atoms with E-state index in [4.69, 9.17) is 0 Å². The van der Waals surface area contributed by atoms with Gasteiger partial charge >= 0.3 is 0 Å². The second-order valence-corrected chi connectivity index (χ2v) is 1.34. The van der Waals surface area contributed by atoms with Crippen LogP contribution in [-0.4, -0.2) is 26.0 Å². The normalized spacial score (nSPS) is 7.20. The van der Waals surface area contributed by atoms with Gasteiger partial charge in [-0.15, -0.1) is 0 Å². The van der Waals surface area contributed by atoms with Gasteiger partial charge in [-0.05, 0) is 21.1 Å². The van der Waals surface area contributed by atoms with Crippen LogP contribution in [0.25, 0.3) is 0 Å². The van der Waals surface area contributed by atoms with Gasteiger partial charge in [-0.2, -0.15) is 0 Å². The monoisotopic (exact) mass is 117 g/mol. The van der Waals surface area contributed by atoms with Crippen molar-refractivity contribution in [2.75, 3.05) is 21.1 Å². The molecule has 0 aliphatic rings. The SMILES string of the molecule is CN(C)C.[Ni]. The Labute approximate surface area is 43.3 Å². The third-order valence-corrected chi connectivity index (χ3v) is 0. The molecule has 36 valence electrons. The minimum Gasteiger partial charge on any atom is -0.312 e. The van der Waals surface area contributed by atoms with E-state index in [1.807, 2.05) is 26.0 Å². The van der Waals surface area contributed by atoms with Gasteiger partial charge in [-0.1, -0.05) is 0 Å². The molecule has 0 aliphatic heterocycles. The van der Waals surface area contributed by atoms with Crippen molar-refractivity contribution in [3.05, 3.63) is 0 Å². The maximum atomic E-state index is 2.00. The molecule has 0 rings (SSSR count). The molecule has 1 nitrogen and oxygen atoms in total. The third-order valence-electron chi connectivity index (χ3n) is 0. The molecule has 0 atom stereocenters. The van der Waals surface area contributed by atoms with Crippen molar-refractivity contribution < 1.29 is 16.5 Å². The molecule has 0 N–H and O–H groups in total. The molecule has 0 bridgehead atoms. The fourth-order valence-electron chi connectivity index (χ4n) is 0. The molecule has 0 unspecified atom stereocenters. The van der Waals surface area contributed by atoms with E-state index in [9.17, 15) is 0 Å². The summed E-state index contributed by atoms with van der Waals surface area (Å²) in [6.07, 6.45) is 0. The molecule has 0 aromatic carbocycles. The molecule has 0 aromatic rings. The average Bonchev–Trinajstić information content (AvgIpc) is 0.811. The molecule has 0 radical (unpaired) electrons. The first-order valence-corrected chi connectivity index (χ1v) is 1.34. The van der Waals surface area contributed by atoms with Crippen LogP contribution in [0.15, 0.2) is 0 Å². The summed E-state index contributed by atoms with van der Waals surface area (Å²) >= 11 is 0. The second kappa shape index (κ2) is 4.45. The van der Waals surface area contributed by atoms with Gasteiger partial charge in [-0.25, -0.2) is 0 Å². The van der Waals surface area contributed by atoms with Crippen LogP contribution in [0.4, 0.5) is 0 Å². The van der Waals surface area contributed by atoms with Crippen LogP contribution in [0.3, 0.4) is 0 Å². The van der Waals surface area contributed by atoms with Crippen molar-refractivity contribution in [2.45, 2.75) is 0 Å². The smallest absolute Gasteiger partial charge is 0 e. The molecule has 0 saturated heterocycles. The predicted molar refractivity (Wildman–Crippen MR) is 19.6 cm³/mol. The van der Waals surface area contributed by atoms with Gasteiger partial charge in [-0.3, -0.25) is 0 Å². The molecule has 0 fully saturated rings. The first-order valence-electron chi connectivity index (χ1n) is 1.34. The summed E-state index contributed by atoms with van der Waals surface area (Å²) in [6.45, 7) is 0. The Hall–Kier alpha value is 0.454. The summed E-state index contributed by atoms with van der Waals surface area (Å²) in [5, 5.41) is 0. The fraction of sp³-hybridized carbons (Fsp3) is 1.00. The Morgan fingerprint density at radius 2 is 1.00 bits per heavy atom. The first-order chi connectivity index (χ1) is 1.73. The Morgan fingerprint density at radius 3 is 1.00 bits per heavy atom. The third kappa shape index (κ3) is 130. The van der Waals surface area contributed by atoms with E-state index in [-0.39, 0.29) is 16.5 Å². The molecule has 0 amide bonds. The van der Waals surface area contributed by atoms with E-state index < -0.39 is 0 Å². The van der Waals surface area contributed by atoms with Gasteiger partial charge in [0, 0.05) is 16.5 Å². The van der Waals surface area contributed by atoms with Crippen molar-refractivity contribution in [1.82, 2.24) is 4.90 Å². The van der Waals surface area contributed by atoms with E-state index in [2.05, 4.69) is 0 Å². The van der Waals surface area contributed by atoms with Crippen LogP contribution in [-0.2, 0) is 16.5 Å². The minimum absolute atomic E-state index is 0. The largest absolute Gasteiger partial charge is 0.312 e. The van der Waals surface area contributed by atoms with Crippen molar-refractivity contribution in [3.63, 3.8) is 0 Å². The molecular formula is C3H9NNi. The van der Waals surface area contributed by atoms with Crippen LogP contribution < -0.4 is 0 Å². The van der Waals surface area contributed by atoms with E-state index >= 15 is 0 Å². The Bertz CT molecular complexity index is 11.6. The molecular weight excluding hydrogens is 109 g/mol. The van der Waals surface area contributed by atoms with Gasteiger partial charge in [0.1, 0.15) is 0 Å². The number of rotatable bonds is 0. The first kappa shape index (κ1) is 9.07. The van der Waals surface area contributed by atoms with Crippen molar-refractivity contribution in [3.8, 4) is 0 Å². The van der Waals surface area contributed by atoms with Crippen LogP contribution in [0.5, 0.6) is 0 Å². The summed E-state index contributed by atoms with van der Waals surface area (Å²) in [5.41, 5.74) is 0. The van der Waals surface area contributed by atoms with Gasteiger partial charge < -0.3 is 4.90 Å². The number of hydrogen-bond donors (Lipinski definition) is 0. The van der Waals surface area contributed by atoms with Crippen molar-refractivity contribution in [2.24, 2.45) is 0 Å². The molecule has 0 saturated carbocycles. The van der Waals surface area contributed by atoms with Gasteiger partial charge in [0.15, 0.2) is 0 Å². The van der Waals surface area contributed by atoms with E-state index in [0.717, 1.165) is 0 Å². The molecule has 2 heteroatoms. The summed E-state index contributed by atoms with van der Waals surface area (Å²) < 4.78 is 0. The molecule has 5 heavy (non-hydrogen) atoms. The summed E-state index contributed by atoms with van der Waals surface area (Å²) in [4.78, 5) is 2.00. The van der Waals surface area contributed by atoms with Crippen LogP contribution in [0.1, 0.15) is 0 Å². The minimum atomic E-state index is 0. The van der Waals surface area contributed by atoms with E-state index in [1.165, 1.54) is 0 Å². The van der Waals surface area contributed by atoms with Crippen molar-refractivity contribution >= 4 is 0 Å². The molecule has 0 aromatic heterocycles. The zero-order valence-electron chi connectivity index (χ0n) is 3.76. The van der Waals surface area contributed by atoms with Crippen molar-refractivity contribution in [1.29, 1.82) is 0 Å². The zero-order chi connectivity index (χ0) is 3.58. The zero-order valence-corrected chi connectivity index (χ0v) is 4.75. The summed E-state index contributed by atoms with van der Waals surface area (Å²) in [7, 11) is 6.00. The number of nitrogens with zero attached hydrogens (tertiary/aromatic N) is 1. The molecule has 0 aliphatic carbocycles. The summed E-state index contributed by atoms with van der Waals surface area (Å²) in [5.74, 6) is 0. The topological polar surface area (TPSA) is 3.24 Å². The van der Waals surface area contributed by atoms with E-state index in [1.54, 1.807) is 0 Å². The number of hydrogen-bond acceptors (Lipinski definition) is 1. The predicted octanol–water partition coefficient (Wildman–Crippen LogP) is 0.175. The molecule has 0 spiro atoms. The van der Waals surface area contributed by atoms with Gasteiger partial charge in [0.2, 0.25) is 0 Å². The average molecular weight is 118 g/mol. The van der Waals surface area contributed by atoms with Crippen LogP contribution >= 0.6 is 0 Å². The summed E-state index contributed by atoms with van der Waals surface area (Å²) in [6, 6.07) is 0. The maximum absolute atomic E-state index is 2.00. The quantitative estimate of drug-likeness (QED) is 0.410. The fourth-order valence-corrected chi connectivity index (χ4v) is 0. The van der Waals surface area contributed by atoms with Crippen LogP contribution in [0.2, 0.25) is 0 Å². The van der Waals surface area contributed by atoms with Gasteiger partial charge in [0.25, 0.3) is 0 Å². The second-order valence-electron chi connectivity index (χ2n) is 1.34.